The van der Waals surface area contributed by atoms with Gasteiger partial charge in [-0.15, -0.1) is 0 Å². The van der Waals surface area contributed by atoms with E-state index in [-0.39, 0.29) is 18.4 Å². The first-order valence-electron chi connectivity index (χ1n) is 10.4. The lowest BCUT2D eigenvalue weighted by Crippen LogP contribution is -2.36. The Balaban J connectivity index is 1.53. The first-order valence-corrected chi connectivity index (χ1v) is 10.4. The maximum atomic E-state index is 12.3. The van der Waals surface area contributed by atoms with E-state index in [9.17, 15) is 9.59 Å². The first kappa shape index (κ1) is 22.2. The van der Waals surface area contributed by atoms with Gasteiger partial charge in [0.2, 0.25) is 5.91 Å². The molecule has 0 fully saturated rings. The number of amides is 2. The molecule has 0 aliphatic rings. The van der Waals surface area contributed by atoms with Crippen molar-refractivity contribution in [3.63, 3.8) is 0 Å². The number of ether oxygens (including phenoxy) is 2. The molecule has 0 radical (unpaired) electrons. The van der Waals surface area contributed by atoms with Crippen molar-refractivity contribution in [2.45, 2.75) is 26.3 Å². The van der Waals surface area contributed by atoms with Crippen LogP contribution in [0.1, 0.15) is 35.7 Å². The summed E-state index contributed by atoms with van der Waals surface area (Å²) in [5.41, 5.74) is 1.38. The highest BCUT2D eigenvalue weighted by Crippen LogP contribution is 2.27. The lowest BCUT2D eigenvalue weighted by Gasteiger charge is -2.13. The summed E-state index contributed by atoms with van der Waals surface area (Å²) < 4.78 is 11.0. The van der Waals surface area contributed by atoms with E-state index in [4.69, 9.17) is 9.47 Å². The number of fused-ring (bicyclic) bond motifs is 1. The number of carbonyl (C=O) groups excluding carboxylic acids is 2. The summed E-state index contributed by atoms with van der Waals surface area (Å²) >= 11 is 0. The minimum atomic E-state index is -0.307. The summed E-state index contributed by atoms with van der Waals surface area (Å²) in [5, 5.41) is 7.60. The van der Waals surface area contributed by atoms with Gasteiger partial charge in [0.25, 0.3) is 5.91 Å². The maximum absolute atomic E-state index is 12.3. The van der Waals surface area contributed by atoms with Crippen molar-refractivity contribution in [2.75, 3.05) is 20.3 Å². The molecule has 2 amide bonds. The van der Waals surface area contributed by atoms with Gasteiger partial charge in [0.15, 0.2) is 0 Å². The number of hydrogen-bond donors (Lipinski definition) is 2. The smallest absolute Gasteiger partial charge is 0.251 e. The molecular weight excluding hydrogens is 392 g/mol. The van der Waals surface area contributed by atoms with Crippen molar-refractivity contribution in [1.82, 2.24) is 10.6 Å². The van der Waals surface area contributed by atoms with Crippen molar-refractivity contribution < 1.29 is 19.1 Å². The highest BCUT2D eigenvalue weighted by Gasteiger charge is 2.11. The second-order valence-corrected chi connectivity index (χ2v) is 7.15. The van der Waals surface area contributed by atoms with Gasteiger partial charge in [-0.3, -0.25) is 9.59 Å². The lowest BCUT2D eigenvalue weighted by atomic mass is 10.0. The standard InChI is InChI=1S/C25H28N2O4/c1-3-4-15-31-20-12-9-19(10-13-20)25(29)27-17-24(28)26-16-22-21-8-6-5-7-18(21)11-14-23(22)30-2/h5-14H,3-4,15-17H2,1-2H3,(H,26,28)(H,27,29). The molecule has 31 heavy (non-hydrogen) atoms. The van der Waals surface area contributed by atoms with Crippen LogP contribution in [-0.4, -0.2) is 32.1 Å². The molecule has 0 spiro atoms. The van der Waals surface area contributed by atoms with Crippen LogP contribution in [0.3, 0.4) is 0 Å². The summed E-state index contributed by atoms with van der Waals surface area (Å²) in [7, 11) is 1.61. The van der Waals surface area contributed by atoms with Crippen LogP contribution in [0.15, 0.2) is 60.7 Å². The van der Waals surface area contributed by atoms with Gasteiger partial charge < -0.3 is 20.1 Å². The predicted molar refractivity (Wildman–Crippen MR) is 122 cm³/mol. The quantitative estimate of drug-likeness (QED) is 0.485. The van der Waals surface area contributed by atoms with Crippen LogP contribution in [0, 0.1) is 0 Å². The largest absolute Gasteiger partial charge is 0.496 e. The molecular formula is C25H28N2O4. The summed E-state index contributed by atoms with van der Waals surface area (Å²) in [6.45, 7) is 2.96. The molecule has 0 bridgehead atoms. The Morgan fingerprint density at radius 3 is 2.45 bits per heavy atom. The van der Waals surface area contributed by atoms with E-state index in [1.807, 2.05) is 36.4 Å². The number of methoxy groups -OCH3 is 1. The number of nitrogens with one attached hydrogen (secondary N) is 2. The van der Waals surface area contributed by atoms with Crippen molar-refractivity contribution >= 4 is 22.6 Å². The first-order chi connectivity index (χ1) is 15.1. The number of benzene rings is 3. The molecule has 6 heteroatoms. The second kappa shape index (κ2) is 11.0. The Labute approximate surface area is 182 Å². The third-order valence-corrected chi connectivity index (χ3v) is 4.97. The molecule has 0 atom stereocenters. The van der Waals surface area contributed by atoms with Gasteiger partial charge >= 0.3 is 0 Å². The lowest BCUT2D eigenvalue weighted by molar-refractivity contribution is -0.120. The average Bonchev–Trinajstić information content (AvgIpc) is 2.81. The third kappa shape index (κ3) is 5.98. The molecule has 0 saturated heterocycles. The second-order valence-electron chi connectivity index (χ2n) is 7.15. The number of rotatable bonds is 10. The van der Waals surface area contributed by atoms with Crippen LogP contribution in [0.4, 0.5) is 0 Å². The molecule has 0 saturated carbocycles. The number of carbonyl (C=O) groups is 2. The van der Waals surface area contributed by atoms with Crippen molar-refractivity contribution in [2.24, 2.45) is 0 Å². The van der Waals surface area contributed by atoms with E-state index in [1.54, 1.807) is 31.4 Å². The third-order valence-electron chi connectivity index (χ3n) is 4.97. The molecule has 0 aromatic heterocycles. The average molecular weight is 421 g/mol. The Hall–Kier alpha value is -3.54. The number of unbranched alkanes of at least 4 members (excludes halogenated alkanes) is 1. The summed E-state index contributed by atoms with van der Waals surface area (Å²) in [6, 6.07) is 18.7. The molecule has 3 rings (SSSR count). The topological polar surface area (TPSA) is 76.7 Å². The van der Waals surface area contributed by atoms with E-state index in [2.05, 4.69) is 17.6 Å². The molecule has 2 N–H and O–H groups in total. The van der Waals surface area contributed by atoms with E-state index in [1.165, 1.54) is 0 Å². The summed E-state index contributed by atoms with van der Waals surface area (Å²) in [5.74, 6) is 0.858. The van der Waals surface area contributed by atoms with Crippen LogP contribution in [0.25, 0.3) is 10.8 Å². The Bertz CT molecular complexity index is 1030. The normalized spacial score (nSPS) is 10.5. The van der Waals surface area contributed by atoms with E-state index >= 15 is 0 Å². The highest BCUT2D eigenvalue weighted by atomic mass is 16.5. The molecule has 3 aromatic carbocycles. The fourth-order valence-electron chi connectivity index (χ4n) is 3.24. The molecule has 0 aliphatic heterocycles. The molecule has 162 valence electrons. The van der Waals surface area contributed by atoms with Gasteiger partial charge in [0, 0.05) is 17.7 Å². The Morgan fingerprint density at radius 1 is 0.935 bits per heavy atom. The zero-order valence-electron chi connectivity index (χ0n) is 17.9. The SMILES string of the molecule is CCCCOc1ccc(C(=O)NCC(=O)NCc2c(OC)ccc3ccccc23)cc1. The van der Waals surface area contributed by atoms with Crippen LogP contribution >= 0.6 is 0 Å². The number of hydrogen-bond acceptors (Lipinski definition) is 4. The zero-order chi connectivity index (χ0) is 22.1. The van der Waals surface area contributed by atoms with E-state index in [0.29, 0.717) is 24.5 Å². The van der Waals surface area contributed by atoms with Crippen molar-refractivity contribution in [3.05, 3.63) is 71.8 Å². The fraction of sp³-hybridized carbons (Fsp3) is 0.280. The molecule has 6 nitrogen and oxygen atoms in total. The minimum Gasteiger partial charge on any atom is -0.496 e. The van der Waals surface area contributed by atoms with Gasteiger partial charge in [-0.25, -0.2) is 0 Å². The van der Waals surface area contributed by atoms with Crippen LogP contribution in [0.2, 0.25) is 0 Å². The Kier molecular flexibility index (Phi) is 7.87. The van der Waals surface area contributed by atoms with Crippen LogP contribution in [-0.2, 0) is 11.3 Å². The van der Waals surface area contributed by atoms with Crippen LogP contribution < -0.4 is 20.1 Å². The van der Waals surface area contributed by atoms with Gasteiger partial charge in [-0.2, -0.15) is 0 Å². The predicted octanol–water partition coefficient (Wildman–Crippen LogP) is 4.07. The monoisotopic (exact) mass is 420 g/mol. The molecule has 0 aliphatic carbocycles. The Morgan fingerprint density at radius 2 is 1.71 bits per heavy atom. The highest BCUT2D eigenvalue weighted by molar-refractivity contribution is 5.96. The summed E-state index contributed by atoms with van der Waals surface area (Å²) in [4.78, 5) is 24.6. The van der Waals surface area contributed by atoms with E-state index < -0.39 is 0 Å². The van der Waals surface area contributed by atoms with Crippen molar-refractivity contribution in [3.8, 4) is 11.5 Å². The van der Waals surface area contributed by atoms with Gasteiger partial charge in [0.05, 0.1) is 20.3 Å². The van der Waals surface area contributed by atoms with Gasteiger partial charge in [0.1, 0.15) is 11.5 Å². The van der Waals surface area contributed by atoms with Gasteiger partial charge in [-0.05, 0) is 47.5 Å². The maximum Gasteiger partial charge on any atom is 0.251 e. The molecule has 0 heterocycles. The molecule has 0 unspecified atom stereocenters. The molecule has 3 aromatic rings. The fourth-order valence-corrected chi connectivity index (χ4v) is 3.24. The van der Waals surface area contributed by atoms with Crippen LogP contribution in [0.5, 0.6) is 11.5 Å². The summed E-state index contributed by atoms with van der Waals surface area (Å²) in [6.07, 6.45) is 2.05. The van der Waals surface area contributed by atoms with E-state index in [0.717, 1.165) is 34.9 Å². The van der Waals surface area contributed by atoms with Crippen molar-refractivity contribution in [1.29, 1.82) is 0 Å². The van der Waals surface area contributed by atoms with Gasteiger partial charge in [-0.1, -0.05) is 43.7 Å². The zero-order valence-corrected chi connectivity index (χ0v) is 17.9. The minimum absolute atomic E-state index is 0.110.